The van der Waals surface area contributed by atoms with Gasteiger partial charge in [0.05, 0.1) is 0 Å². The molecule has 0 N–H and O–H groups in total. The van der Waals surface area contributed by atoms with Crippen LogP contribution in [0, 0.1) is 13.8 Å². The van der Waals surface area contributed by atoms with Crippen LogP contribution in [0.5, 0.6) is 5.75 Å². The number of anilines is 2. The fourth-order valence-electron chi connectivity index (χ4n) is 5.16. The van der Waals surface area contributed by atoms with Gasteiger partial charge in [0, 0.05) is 69.1 Å². The monoisotopic (exact) mass is 472 g/mol. The lowest BCUT2D eigenvalue weighted by molar-refractivity contribution is -0.133. The van der Waals surface area contributed by atoms with Crippen LogP contribution in [0.3, 0.4) is 0 Å². The molecule has 2 aliphatic heterocycles. The van der Waals surface area contributed by atoms with Crippen LogP contribution in [-0.2, 0) is 4.79 Å². The number of carbonyl (C=O) groups excluding carboxylic acids is 1. The van der Waals surface area contributed by atoms with E-state index >= 15 is 0 Å². The first kappa shape index (κ1) is 23.5. The molecule has 6 heteroatoms. The van der Waals surface area contributed by atoms with Gasteiger partial charge in [0.1, 0.15) is 5.75 Å². The zero-order valence-corrected chi connectivity index (χ0v) is 21.2. The Morgan fingerprint density at radius 2 is 1.46 bits per heavy atom. The van der Waals surface area contributed by atoms with Crippen LogP contribution in [0.15, 0.2) is 54.6 Å². The van der Waals surface area contributed by atoms with Gasteiger partial charge in [-0.25, -0.2) is 0 Å². The molecule has 0 bridgehead atoms. The molecule has 0 spiro atoms. The number of rotatable bonds is 5. The van der Waals surface area contributed by atoms with Crippen molar-refractivity contribution in [3.05, 3.63) is 65.7 Å². The maximum Gasteiger partial charge on any atom is 0.260 e. The van der Waals surface area contributed by atoms with Crippen molar-refractivity contribution in [3.63, 3.8) is 0 Å². The van der Waals surface area contributed by atoms with Crippen LogP contribution in [0.4, 0.5) is 11.4 Å². The summed E-state index contributed by atoms with van der Waals surface area (Å²) in [6.45, 7) is 11.7. The number of amides is 1. The molecular formula is C29H36N4O2. The average Bonchev–Trinajstić information content (AvgIpc) is 2.89. The minimum atomic E-state index is 0.0538. The molecule has 0 aromatic heterocycles. The zero-order valence-electron chi connectivity index (χ0n) is 21.2. The number of likely N-dealkylation sites (N-methyl/N-ethyl adjacent to an activating group) is 1. The van der Waals surface area contributed by atoms with E-state index in [4.69, 9.17) is 4.74 Å². The number of carbonyl (C=O) groups is 1. The molecule has 0 unspecified atom stereocenters. The number of piperazine rings is 2. The van der Waals surface area contributed by atoms with Gasteiger partial charge in [0.15, 0.2) is 6.61 Å². The molecule has 1 amide bonds. The average molecular weight is 473 g/mol. The van der Waals surface area contributed by atoms with Crippen molar-refractivity contribution in [2.45, 2.75) is 13.8 Å². The van der Waals surface area contributed by atoms with E-state index in [9.17, 15) is 4.79 Å². The van der Waals surface area contributed by atoms with E-state index in [1.54, 1.807) is 0 Å². The Labute approximate surface area is 208 Å². The lowest BCUT2D eigenvalue weighted by atomic mass is 10.1. The normalized spacial score (nSPS) is 17.2. The summed E-state index contributed by atoms with van der Waals surface area (Å²) in [4.78, 5) is 22.0. The Balaban J connectivity index is 1.21. The van der Waals surface area contributed by atoms with Gasteiger partial charge in [-0.3, -0.25) is 4.79 Å². The topological polar surface area (TPSA) is 39.3 Å². The molecule has 2 fully saturated rings. The fourth-order valence-corrected chi connectivity index (χ4v) is 5.16. The van der Waals surface area contributed by atoms with Gasteiger partial charge in [-0.15, -0.1) is 0 Å². The van der Waals surface area contributed by atoms with Crippen LogP contribution < -0.4 is 14.5 Å². The lowest BCUT2D eigenvalue weighted by Gasteiger charge is -2.37. The summed E-state index contributed by atoms with van der Waals surface area (Å²) in [7, 11) is 2.17. The van der Waals surface area contributed by atoms with Gasteiger partial charge < -0.3 is 24.3 Å². The Morgan fingerprint density at radius 3 is 2.23 bits per heavy atom. The Morgan fingerprint density at radius 1 is 0.800 bits per heavy atom. The van der Waals surface area contributed by atoms with Crippen LogP contribution in [0.1, 0.15) is 11.1 Å². The molecule has 0 aliphatic carbocycles. The highest BCUT2D eigenvalue weighted by Gasteiger charge is 2.23. The molecule has 2 aliphatic rings. The van der Waals surface area contributed by atoms with Gasteiger partial charge >= 0.3 is 0 Å². The van der Waals surface area contributed by atoms with E-state index in [2.05, 4.69) is 84.1 Å². The van der Waals surface area contributed by atoms with Crippen molar-refractivity contribution in [2.75, 3.05) is 75.8 Å². The molecule has 0 atom stereocenters. The highest BCUT2D eigenvalue weighted by atomic mass is 16.5. The minimum absolute atomic E-state index is 0.0538. The maximum absolute atomic E-state index is 12.9. The molecule has 2 saturated heterocycles. The van der Waals surface area contributed by atoms with Crippen molar-refractivity contribution in [2.24, 2.45) is 0 Å². The van der Waals surface area contributed by atoms with E-state index in [1.807, 2.05) is 11.0 Å². The summed E-state index contributed by atoms with van der Waals surface area (Å²) in [5, 5.41) is 2.38. The van der Waals surface area contributed by atoms with Crippen molar-refractivity contribution < 1.29 is 9.53 Å². The number of nitrogens with zero attached hydrogens (tertiary/aromatic N) is 4. The molecule has 5 rings (SSSR count). The van der Waals surface area contributed by atoms with Gasteiger partial charge in [-0.1, -0.05) is 30.3 Å². The summed E-state index contributed by atoms with van der Waals surface area (Å²) in [5.41, 5.74) is 5.15. The SMILES string of the molecule is Cc1cccc(N2CCN(C(=O)COc3ccc4cccc(N5CCN(C)CC5)c4c3)CC2)c1C. The van der Waals surface area contributed by atoms with Crippen LogP contribution in [0.25, 0.3) is 10.8 Å². The first-order valence-electron chi connectivity index (χ1n) is 12.7. The lowest BCUT2D eigenvalue weighted by Crippen LogP contribution is -2.50. The van der Waals surface area contributed by atoms with Crippen molar-refractivity contribution in [1.29, 1.82) is 0 Å². The Bertz CT molecular complexity index is 1190. The molecule has 3 aromatic carbocycles. The third-order valence-electron chi connectivity index (χ3n) is 7.59. The Kier molecular flexibility index (Phi) is 6.82. The summed E-state index contributed by atoms with van der Waals surface area (Å²) in [6.07, 6.45) is 0. The predicted octanol–water partition coefficient (Wildman–Crippen LogP) is 3.94. The molecule has 35 heavy (non-hydrogen) atoms. The number of aryl methyl sites for hydroxylation is 1. The standard InChI is InChI=1S/C29H36N4O2/c1-22-6-4-8-27(23(22)2)31-16-18-33(19-17-31)29(34)21-35-25-11-10-24-7-5-9-28(26(24)20-25)32-14-12-30(3)13-15-32/h4-11,20H,12-19,21H2,1-3H3. The van der Waals surface area contributed by atoms with Crippen molar-refractivity contribution >= 4 is 28.1 Å². The van der Waals surface area contributed by atoms with E-state index in [0.717, 1.165) is 58.1 Å². The molecule has 2 heterocycles. The fraction of sp³-hybridized carbons (Fsp3) is 0.414. The summed E-state index contributed by atoms with van der Waals surface area (Å²) >= 11 is 0. The van der Waals surface area contributed by atoms with E-state index in [0.29, 0.717) is 0 Å². The number of hydrogen-bond acceptors (Lipinski definition) is 5. The van der Waals surface area contributed by atoms with Crippen molar-refractivity contribution in [1.82, 2.24) is 9.80 Å². The predicted molar refractivity (Wildman–Crippen MR) is 144 cm³/mol. The quantitative estimate of drug-likeness (QED) is 0.563. The van der Waals surface area contributed by atoms with E-state index in [1.165, 1.54) is 33.3 Å². The minimum Gasteiger partial charge on any atom is -0.484 e. The third-order valence-corrected chi connectivity index (χ3v) is 7.59. The molecular weight excluding hydrogens is 436 g/mol. The van der Waals surface area contributed by atoms with E-state index in [-0.39, 0.29) is 12.5 Å². The second kappa shape index (κ2) is 10.2. The molecule has 184 valence electrons. The number of benzene rings is 3. The van der Waals surface area contributed by atoms with Crippen LogP contribution >= 0.6 is 0 Å². The molecule has 0 saturated carbocycles. The van der Waals surface area contributed by atoms with Gasteiger partial charge in [-0.2, -0.15) is 0 Å². The second-order valence-electron chi connectivity index (χ2n) is 9.83. The molecule has 3 aromatic rings. The molecule has 0 radical (unpaired) electrons. The van der Waals surface area contributed by atoms with Crippen molar-refractivity contribution in [3.8, 4) is 5.75 Å². The maximum atomic E-state index is 12.9. The van der Waals surface area contributed by atoms with E-state index < -0.39 is 0 Å². The summed E-state index contributed by atoms with van der Waals surface area (Å²) in [6, 6.07) is 19.1. The van der Waals surface area contributed by atoms with Crippen LogP contribution in [-0.4, -0.2) is 81.7 Å². The third kappa shape index (κ3) is 5.08. The summed E-state index contributed by atoms with van der Waals surface area (Å²) in [5.74, 6) is 0.805. The summed E-state index contributed by atoms with van der Waals surface area (Å²) < 4.78 is 6.00. The smallest absolute Gasteiger partial charge is 0.260 e. The van der Waals surface area contributed by atoms with Gasteiger partial charge in [0.25, 0.3) is 5.91 Å². The number of ether oxygens (including phenoxy) is 1. The van der Waals surface area contributed by atoms with Crippen LogP contribution in [0.2, 0.25) is 0 Å². The Hall–Kier alpha value is -3.25. The number of hydrogen-bond donors (Lipinski definition) is 0. The van der Waals surface area contributed by atoms with Gasteiger partial charge in [-0.05, 0) is 61.7 Å². The highest BCUT2D eigenvalue weighted by molar-refractivity contribution is 5.95. The first-order valence-corrected chi connectivity index (χ1v) is 12.7. The zero-order chi connectivity index (χ0) is 24.4. The molecule has 6 nitrogen and oxygen atoms in total. The van der Waals surface area contributed by atoms with Gasteiger partial charge in [0.2, 0.25) is 0 Å². The largest absolute Gasteiger partial charge is 0.484 e. The number of fused-ring (bicyclic) bond motifs is 1. The highest BCUT2D eigenvalue weighted by Crippen LogP contribution is 2.31. The second-order valence-corrected chi connectivity index (χ2v) is 9.83. The first-order chi connectivity index (χ1) is 17.0.